The van der Waals surface area contributed by atoms with Crippen molar-refractivity contribution in [2.75, 3.05) is 6.54 Å². The molecule has 0 unspecified atom stereocenters. The molecular formula is C19H19IN2O. The van der Waals surface area contributed by atoms with Crippen molar-refractivity contribution in [2.24, 2.45) is 0 Å². The van der Waals surface area contributed by atoms with Crippen LogP contribution in [0.1, 0.15) is 30.6 Å². The molecule has 3 heterocycles. The van der Waals surface area contributed by atoms with E-state index in [2.05, 4.69) is 75.8 Å². The van der Waals surface area contributed by atoms with Crippen LogP contribution in [0, 0.1) is 0 Å². The summed E-state index contributed by atoms with van der Waals surface area (Å²) in [5, 5.41) is 1.31. The number of nitrogens with zero attached hydrogens (tertiary/aromatic N) is 1. The Morgan fingerprint density at radius 3 is 3.00 bits per heavy atom. The smallest absolute Gasteiger partial charge is 0.147 e. The molecule has 2 aromatic rings. The van der Waals surface area contributed by atoms with Gasteiger partial charge in [0.25, 0.3) is 0 Å². The van der Waals surface area contributed by atoms with Crippen LogP contribution in [-0.2, 0) is 11.2 Å². The highest BCUT2D eigenvalue weighted by atomic mass is 127. The minimum absolute atomic E-state index is 0.197. The molecule has 2 aliphatic heterocycles. The van der Waals surface area contributed by atoms with Crippen LogP contribution < -0.4 is 0 Å². The number of H-pyrrole nitrogens is 1. The Hall–Kier alpha value is -1.40. The number of nitrogens with one attached hydrogen (secondary N) is 1. The maximum Gasteiger partial charge on any atom is 0.147 e. The molecule has 0 aliphatic carbocycles. The lowest BCUT2D eigenvalue weighted by Gasteiger charge is -2.45. The summed E-state index contributed by atoms with van der Waals surface area (Å²) < 4.78 is 1.32. The van der Waals surface area contributed by atoms with Gasteiger partial charge in [-0.1, -0.05) is 30.4 Å². The number of fused-ring (bicyclic) bond motifs is 6. The van der Waals surface area contributed by atoms with Gasteiger partial charge in [0.15, 0.2) is 0 Å². The second-order valence-electron chi connectivity index (χ2n) is 6.26. The fraction of sp³-hybridized carbons (Fsp3) is 0.316. The third kappa shape index (κ3) is 2.39. The van der Waals surface area contributed by atoms with Gasteiger partial charge in [-0.25, -0.2) is 0 Å². The standard InChI is InChI=1S/C19H19IN2O/c1-2-13(20)10-22-17-8-7-12(11-23)18(22)9-15-14-5-3-4-6-16(14)21-19(15)17/h2-7,11,17-18,21H,8-10H2,1H3/b13-2-/t17-,18-/m1/s1. The normalized spacial score (nSPS) is 24.4. The van der Waals surface area contributed by atoms with Crippen molar-refractivity contribution in [1.82, 2.24) is 9.88 Å². The fourth-order valence-electron chi connectivity index (χ4n) is 3.98. The van der Waals surface area contributed by atoms with E-state index < -0.39 is 0 Å². The predicted molar refractivity (Wildman–Crippen MR) is 102 cm³/mol. The number of aromatic amines is 1. The lowest BCUT2D eigenvalue weighted by molar-refractivity contribution is -0.105. The van der Waals surface area contributed by atoms with Gasteiger partial charge in [0.2, 0.25) is 0 Å². The molecule has 0 fully saturated rings. The number of carbonyl (C=O) groups excluding carboxylic acids is 1. The number of benzene rings is 1. The number of halogens is 1. The summed E-state index contributed by atoms with van der Waals surface area (Å²) >= 11 is 2.40. The SMILES string of the molecule is C/C=C(\I)CN1[C@@H]2Cc3c([nH]c4ccccc34)[C@H]1CC=C2C=O. The van der Waals surface area contributed by atoms with E-state index in [-0.39, 0.29) is 6.04 Å². The molecule has 2 atom stereocenters. The number of rotatable bonds is 3. The zero-order valence-electron chi connectivity index (χ0n) is 13.1. The van der Waals surface area contributed by atoms with E-state index in [1.165, 1.54) is 25.7 Å². The Balaban J connectivity index is 1.85. The van der Waals surface area contributed by atoms with Crippen molar-refractivity contribution in [3.05, 3.63) is 56.8 Å². The van der Waals surface area contributed by atoms with Crippen LogP contribution in [0.15, 0.2) is 45.6 Å². The van der Waals surface area contributed by atoms with Crippen LogP contribution in [0.2, 0.25) is 0 Å². The van der Waals surface area contributed by atoms with Gasteiger partial charge in [0.05, 0.1) is 6.04 Å². The minimum atomic E-state index is 0.197. The first-order valence-corrected chi connectivity index (χ1v) is 9.12. The first-order chi connectivity index (χ1) is 11.2. The van der Waals surface area contributed by atoms with Gasteiger partial charge in [-0.15, -0.1) is 0 Å². The molecule has 4 heteroatoms. The highest BCUT2D eigenvalue weighted by Crippen LogP contribution is 2.43. The molecule has 0 radical (unpaired) electrons. The predicted octanol–water partition coefficient (Wildman–Crippen LogP) is 4.30. The number of aldehydes is 1. The topological polar surface area (TPSA) is 36.1 Å². The van der Waals surface area contributed by atoms with Gasteiger partial charge in [-0.2, -0.15) is 0 Å². The van der Waals surface area contributed by atoms with E-state index in [0.717, 1.165) is 31.2 Å². The molecule has 0 saturated carbocycles. The summed E-state index contributed by atoms with van der Waals surface area (Å²) in [6.45, 7) is 2.98. The van der Waals surface area contributed by atoms with Crippen molar-refractivity contribution in [1.29, 1.82) is 0 Å². The summed E-state index contributed by atoms with van der Waals surface area (Å²) in [7, 11) is 0. The van der Waals surface area contributed by atoms with E-state index in [9.17, 15) is 4.79 Å². The summed E-state index contributed by atoms with van der Waals surface area (Å²) in [6, 6.07) is 9.04. The third-order valence-electron chi connectivity index (χ3n) is 5.12. The number of carbonyl (C=O) groups is 1. The molecule has 0 spiro atoms. The molecule has 0 saturated heterocycles. The Bertz CT molecular complexity index is 833. The largest absolute Gasteiger partial charge is 0.357 e. The molecule has 1 N–H and O–H groups in total. The molecule has 3 nitrogen and oxygen atoms in total. The number of aromatic nitrogens is 1. The Morgan fingerprint density at radius 1 is 1.39 bits per heavy atom. The molecule has 2 aliphatic rings. The molecule has 1 aromatic heterocycles. The Labute approximate surface area is 149 Å². The molecule has 1 aromatic carbocycles. The fourth-order valence-corrected chi connectivity index (χ4v) is 4.37. The lowest BCUT2D eigenvalue weighted by atomic mass is 9.82. The van der Waals surface area contributed by atoms with Crippen molar-refractivity contribution in [3.8, 4) is 0 Å². The van der Waals surface area contributed by atoms with Crippen LogP contribution in [0.3, 0.4) is 0 Å². The molecule has 2 bridgehead atoms. The number of hydrogen-bond donors (Lipinski definition) is 1. The van der Waals surface area contributed by atoms with Crippen LogP contribution in [0.5, 0.6) is 0 Å². The third-order valence-corrected chi connectivity index (χ3v) is 6.09. The molecule has 118 valence electrons. The summed E-state index contributed by atoms with van der Waals surface area (Å²) in [5.74, 6) is 0. The van der Waals surface area contributed by atoms with Crippen molar-refractivity contribution in [3.63, 3.8) is 0 Å². The minimum Gasteiger partial charge on any atom is -0.357 e. The van der Waals surface area contributed by atoms with Gasteiger partial charge in [-0.3, -0.25) is 9.69 Å². The average molecular weight is 418 g/mol. The first kappa shape index (κ1) is 15.1. The van der Waals surface area contributed by atoms with Crippen molar-refractivity contribution in [2.45, 2.75) is 31.8 Å². The molecule has 4 rings (SSSR count). The lowest BCUT2D eigenvalue weighted by Crippen LogP contribution is -2.47. The van der Waals surface area contributed by atoms with Crippen LogP contribution in [0.4, 0.5) is 0 Å². The Kier molecular flexibility index (Phi) is 3.89. The van der Waals surface area contributed by atoms with Crippen LogP contribution in [0.25, 0.3) is 10.9 Å². The van der Waals surface area contributed by atoms with Crippen molar-refractivity contribution < 1.29 is 4.79 Å². The molecule has 23 heavy (non-hydrogen) atoms. The number of para-hydroxylation sites is 1. The van der Waals surface area contributed by atoms with E-state index in [1.807, 2.05) is 0 Å². The van der Waals surface area contributed by atoms with E-state index in [0.29, 0.717) is 6.04 Å². The number of hydrogen-bond acceptors (Lipinski definition) is 2. The van der Waals surface area contributed by atoms with Gasteiger partial charge >= 0.3 is 0 Å². The first-order valence-electron chi connectivity index (χ1n) is 8.04. The summed E-state index contributed by atoms with van der Waals surface area (Å²) in [5.41, 5.74) is 4.88. The zero-order chi connectivity index (χ0) is 16.0. The van der Waals surface area contributed by atoms with Gasteiger partial charge in [0, 0.05) is 38.3 Å². The van der Waals surface area contributed by atoms with E-state index in [4.69, 9.17) is 0 Å². The summed E-state index contributed by atoms with van der Waals surface area (Å²) in [6.07, 6.45) is 7.15. The molecular weight excluding hydrogens is 399 g/mol. The second-order valence-corrected chi connectivity index (χ2v) is 7.65. The maximum atomic E-state index is 11.6. The highest BCUT2D eigenvalue weighted by molar-refractivity contribution is 14.1. The van der Waals surface area contributed by atoms with E-state index >= 15 is 0 Å². The van der Waals surface area contributed by atoms with E-state index in [1.54, 1.807) is 0 Å². The van der Waals surface area contributed by atoms with Gasteiger partial charge < -0.3 is 4.98 Å². The molecule has 0 amide bonds. The van der Waals surface area contributed by atoms with Gasteiger partial charge in [-0.05, 0) is 54.0 Å². The van der Waals surface area contributed by atoms with Crippen molar-refractivity contribution >= 4 is 39.8 Å². The second kappa shape index (κ2) is 5.91. The highest BCUT2D eigenvalue weighted by Gasteiger charge is 2.40. The quantitative estimate of drug-likeness (QED) is 0.596. The van der Waals surface area contributed by atoms with Gasteiger partial charge in [0.1, 0.15) is 6.29 Å². The average Bonchev–Trinajstić information content (AvgIpc) is 2.93. The monoisotopic (exact) mass is 418 g/mol. The maximum absolute atomic E-state index is 11.6. The zero-order valence-corrected chi connectivity index (χ0v) is 15.2. The van der Waals surface area contributed by atoms with Crippen LogP contribution >= 0.6 is 22.6 Å². The summed E-state index contributed by atoms with van der Waals surface area (Å²) in [4.78, 5) is 17.7. The number of allylic oxidation sites excluding steroid dienone is 1. The Morgan fingerprint density at radius 2 is 2.22 bits per heavy atom. The van der Waals surface area contributed by atoms with Crippen LogP contribution in [-0.4, -0.2) is 28.8 Å².